The van der Waals surface area contributed by atoms with E-state index in [0.29, 0.717) is 17.1 Å². The van der Waals surface area contributed by atoms with E-state index in [1.807, 2.05) is 26.0 Å². The summed E-state index contributed by atoms with van der Waals surface area (Å²) < 4.78 is 6.42. The SMILES string of the molecule is CC(C)C(=O)Nc1cccc(OCC(=O)Nc2ccc(Br)cc2)c1. The van der Waals surface area contributed by atoms with Crippen molar-refractivity contribution in [2.45, 2.75) is 13.8 Å². The number of rotatable bonds is 6. The number of halogens is 1. The summed E-state index contributed by atoms with van der Waals surface area (Å²) in [6.07, 6.45) is 0. The summed E-state index contributed by atoms with van der Waals surface area (Å²) in [5.74, 6) is 0.0860. The molecule has 0 saturated heterocycles. The fourth-order valence-electron chi connectivity index (χ4n) is 1.83. The maximum Gasteiger partial charge on any atom is 0.262 e. The summed E-state index contributed by atoms with van der Waals surface area (Å²) >= 11 is 3.34. The first kappa shape index (κ1) is 18.0. The van der Waals surface area contributed by atoms with Gasteiger partial charge in [0.1, 0.15) is 5.75 Å². The molecule has 0 saturated carbocycles. The lowest BCUT2D eigenvalue weighted by Crippen LogP contribution is -2.20. The Hall–Kier alpha value is -2.34. The average Bonchev–Trinajstić information content (AvgIpc) is 2.55. The van der Waals surface area contributed by atoms with E-state index in [2.05, 4.69) is 26.6 Å². The number of ether oxygens (including phenoxy) is 1. The topological polar surface area (TPSA) is 67.4 Å². The largest absolute Gasteiger partial charge is 0.484 e. The Bertz CT molecular complexity index is 714. The highest BCUT2D eigenvalue weighted by molar-refractivity contribution is 9.10. The average molecular weight is 391 g/mol. The molecular formula is C18H19BrN2O3. The lowest BCUT2D eigenvalue weighted by Gasteiger charge is -2.11. The van der Waals surface area contributed by atoms with Crippen LogP contribution in [0.5, 0.6) is 5.75 Å². The van der Waals surface area contributed by atoms with Crippen molar-refractivity contribution >= 4 is 39.1 Å². The Kier molecular flexibility index (Phi) is 6.37. The number of carbonyl (C=O) groups is 2. The molecular weight excluding hydrogens is 372 g/mol. The van der Waals surface area contributed by atoms with Gasteiger partial charge in [0.2, 0.25) is 5.91 Å². The van der Waals surface area contributed by atoms with Crippen LogP contribution in [0, 0.1) is 5.92 Å². The van der Waals surface area contributed by atoms with Gasteiger partial charge in [-0.15, -0.1) is 0 Å². The normalized spacial score (nSPS) is 10.3. The summed E-state index contributed by atoms with van der Waals surface area (Å²) in [6, 6.07) is 14.2. The number of nitrogens with one attached hydrogen (secondary N) is 2. The quantitative estimate of drug-likeness (QED) is 0.781. The van der Waals surface area contributed by atoms with Gasteiger partial charge in [-0.1, -0.05) is 35.8 Å². The second kappa shape index (κ2) is 8.49. The number of anilines is 2. The molecule has 0 aromatic heterocycles. The molecule has 0 aliphatic heterocycles. The van der Waals surface area contributed by atoms with Crippen molar-refractivity contribution in [2.24, 2.45) is 5.92 Å². The predicted molar refractivity (Wildman–Crippen MR) is 98.2 cm³/mol. The van der Waals surface area contributed by atoms with Crippen LogP contribution in [0.3, 0.4) is 0 Å². The number of amides is 2. The van der Waals surface area contributed by atoms with Crippen LogP contribution in [-0.2, 0) is 9.59 Å². The van der Waals surface area contributed by atoms with Crippen LogP contribution in [0.2, 0.25) is 0 Å². The van der Waals surface area contributed by atoms with Crippen LogP contribution < -0.4 is 15.4 Å². The van der Waals surface area contributed by atoms with Gasteiger partial charge < -0.3 is 15.4 Å². The third-order valence-electron chi connectivity index (χ3n) is 3.12. The van der Waals surface area contributed by atoms with Gasteiger partial charge in [-0.2, -0.15) is 0 Å². The van der Waals surface area contributed by atoms with E-state index in [4.69, 9.17) is 4.74 Å². The molecule has 0 fully saturated rings. The second-order valence-corrected chi connectivity index (χ2v) is 6.43. The van der Waals surface area contributed by atoms with Crippen molar-refractivity contribution in [3.8, 4) is 5.75 Å². The summed E-state index contributed by atoms with van der Waals surface area (Å²) in [7, 11) is 0. The first-order chi connectivity index (χ1) is 11.4. The van der Waals surface area contributed by atoms with Crippen molar-refractivity contribution in [1.82, 2.24) is 0 Å². The smallest absolute Gasteiger partial charge is 0.262 e. The second-order valence-electron chi connectivity index (χ2n) is 5.52. The number of benzene rings is 2. The maximum atomic E-state index is 11.9. The molecule has 126 valence electrons. The summed E-state index contributed by atoms with van der Waals surface area (Å²) in [5.41, 5.74) is 1.34. The van der Waals surface area contributed by atoms with Gasteiger partial charge in [0.25, 0.3) is 5.91 Å². The molecule has 2 aromatic rings. The first-order valence-electron chi connectivity index (χ1n) is 7.53. The van der Waals surface area contributed by atoms with Crippen LogP contribution in [-0.4, -0.2) is 18.4 Å². The highest BCUT2D eigenvalue weighted by Crippen LogP contribution is 2.18. The van der Waals surface area contributed by atoms with E-state index in [1.54, 1.807) is 36.4 Å². The van der Waals surface area contributed by atoms with Crippen molar-refractivity contribution in [1.29, 1.82) is 0 Å². The fraction of sp³-hybridized carbons (Fsp3) is 0.222. The van der Waals surface area contributed by atoms with Gasteiger partial charge >= 0.3 is 0 Å². The van der Waals surface area contributed by atoms with Gasteiger partial charge in [0.05, 0.1) is 0 Å². The summed E-state index contributed by atoms with van der Waals surface area (Å²) in [5, 5.41) is 5.54. The van der Waals surface area contributed by atoms with Gasteiger partial charge in [-0.25, -0.2) is 0 Å². The zero-order valence-electron chi connectivity index (χ0n) is 13.5. The molecule has 2 aromatic carbocycles. The number of carbonyl (C=O) groups excluding carboxylic acids is 2. The minimum Gasteiger partial charge on any atom is -0.484 e. The van der Waals surface area contributed by atoms with Gasteiger partial charge in [-0.05, 0) is 36.4 Å². The van der Waals surface area contributed by atoms with Crippen molar-refractivity contribution < 1.29 is 14.3 Å². The monoisotopic (exact) mass is 390 g/mol. The van der Waals surface area contributed by atoms with E-state index in [-0.39, 0.29) is 24.3 Å². The predicted octanol–water partition coefficient (Wildman–Crippen LogP) is 4.06. The molecule has 0 heterocycles. The first-order valence-corrected chi connectivity index (χ1v) is 8.32. The maximum absolute atomic E-state index is 11.9. The van der Waals surface area contributed by atoms with Crippen LogP contribution in [0.4, 0.5) is 11.4 Å². The fourth-order valence-corrected chi connectivity index (χ4v) is 2.09. The van der Waals surface area contributed by atoms with Crippen LogP contribution >= 0.6 is 15.9 Å². The standard InChI is InChI=1S/C18H19BrN2O3/c1-12(2)18(23)21-15-4-3-5-16(10-15)24-11-17(22)20-14-8-6-13(19)7-9-14/h3-10,12H,11H2,1-2H3,(H,20,22)(H,21,23). The van der Waals surface area contributed by atoms with Crippen molar-refractivity contribution in [3.05, 3.63) is 53.0 Å². The molecule has 6 heteroatoms. The minimum absolute atomic E-state index is 0.0693. The Morgan fingerprint density at radius 2 is 1.75 bits per heavy atom. The molecule has 2 rings (SSSR count). The van der Waals surface area contributed by atoms with Gasteiger partial charge in [0.15, 0.2) is 6.61 Å². The molecule has 0 radical (unpaired) electrons. The highest BCUT2D eigenvalue weighted by Gasteiger charge is 2.08. The third kappa shape index (κ3) is 5.70. The summed E-state index contributed by atoms with van der Waals surface area (Å²) in [4.78, 5) is 23.6. The highest BCUT2D eigenvalue weighted by atomic mass is 79.9. The van der Waals surface area contributed by atoms with Gasteiger partial charge in [0, 0.05) is 27.8 Å². The lowest BCUT2D eigenvalue weighted by atomic mass is 10.2. The molecule has 5 nitrogen and oxygen atoms in total. The zero-order valence-corrected chi connectivity index (χ0v) is 15.1. The van der Waals surface area contributed by atoms with Crippen LogP contribution in [0.15, 0.2) is 53.0 Å². The third-order valence-corrected chi connectivity index (χ3v) is 3.65. The van der Waals surface area contributed by atoms with E-state index < -0.39 is 0 Å². The molecule has 0 bridgehead atoms. The molecule has 0 aliphatic rings. The van der Waals surface area contributed by atoms with Gasteiger partial charge in [-0.3, -0.25) is 9.59 Å². The Morgan fingerprint density at radius 1 is 1.04 bits per heavy atom. The minimum atomic E-state index is -0.256. The van der Waals surface area contributed by atoms with Crippen LogP contribution in [0.1, 0.15) is 13.8 Å². The zero-order chi connectivity index (χ0) is 17.5. The Labute approximate surface area is 149 Å². The van der Waals surface area contributed by atoms with E-state index in [9.17, 15) is 9.59 Å². The molecule has 0 spiro atoms. The molecule has 2 N–H and O–H groups in total. The van der Waals surface area contributed by atoms with E-state index in [1.165, 1.54) is 0 Å². The van der Waals surface area contributed by atoms with Crippen molar-refractivity contribution in [3.63, 3.8) is 0 Å². The Morgan fingerprint density at radius 3 is 2.42 bits per heavy atom. The summed E-state index contributed by atoms with van der Waals surface area (Å²) in [6.45, 7) is 3.53. The lowest BCUT2D eigenvalue weighted by molar-refractivity contribution is -0.119. The molecule has 0 unspecified atom stereocenters. The molecule has 0 aliphatic carbocycles. The molecule has 0 atom stereocenters. The molecule has 2 amide bonds. The Balaban J connectivity index is 1.88. The number of hydrogen-bond acceptors (Lipinski definition) is 3. The molecule has 24 heavy (non-hydrogen) atoms. The van der Waals surface area contributed by atoms with Crippen molar-refractivity contribution in [2.75, 3.05) is 17.2 Å². The van der Waals surface area contributed by atoms with E-state index >= 15 is 0 Å². The number of hydrogen-bond donors (Lipinski definition) is 2. The van der Waals surface area contributed by atoms with Crippen LogP contribution in [0.25, 0.3) is 0 Å². The van der Waals surface area contributed by atoms with E-state index in [0.717, 1.165) is 4.47 Å².